The summed E-state index contributed by atoms with van der Waals surface area (Å²) < 4.78 is 0. The predicted octanol–water partition coefficient (Wildman–Crippen LogP) is -3.07. The molecule has 0 saturated heterocycles. The summed E-state index contributed by atoms with van der Waals surface area (Å²) >= 11 is 7.84. The number of nitrogens with two attached hydrogens (primary N) is 3. The van der Waals surface area contributed by atoms with Gasteiger partial charge in [0.05, 0.1) is 12.6 Å². The van der Waals surface area contributed by atoms with Crippen molar-refractivity contribution in [1.29, 1.82) is 0 Å². The lowest BCUT2D eigenvalue weighted by Gasteiger charge is -2.25. The quantitative estimate of drug-likeness (QED) is 0.0381. The van der Waals surface area contributed by atoms with Gasteiger partial charge in [0.25, 0.3) is 0 Å². The summed E-state index contributed by atoms with van der Waals surface area (Å²) in [6, 6.07) is -4.21. The van der Waals surface area contributed by atoms with Gasteiger partial charge in [-0.15, -0.1) is 0 Å². The number of nitrogens with zero attached hydrogens (tertiary/aromatic N) is 1. The van der Waals surface area contributed by atoms with Gasteiger partial charge < -0.3 is 43.6 Å². The molecule has 16 heteroatoms. The fourth-order valence-electron chi connectivity index (χ4n) is 2.83. The lowest BCUT2D eigenvalue weighted by molar-refractivity contribution is -0.141. The number of carbonyl (C=O) groups excluding carboxylic acids is 4. The van der Waals surface area contributed by atoms with Crippen LogP contribution >= 0.6 is 25.3 Å². The smallest absolute Gasteiger partial charge is 0.327 e. The highest BCUT2D eigenvalue weighted by Gasteiger charge is 2.28. The molecule has 0 aromatic rings. The Morgan fingerprint density at radius 2 is 1.50 bits per heavy atom. The van der Waals surface area contributed by atoms with Gasteiger partial charge in [-0.3, -0.25) is 24.2 Å². The van der Waals surface area contributed by atoms with Gasteiger partial charge in [-0.25, -0.2) is 4.79 Å². The molecule has 206 valence electrons. The topological polar surface area (TPSA) is 244 Å². The SMILES string of the molecule is CC(C)C[C@H](NC(=O)[C@H](CCCN=C(N)N)NC(=O)[C@@H](N)CS)C(=O)NCC(=O)N[C@@H](CS)C(=O)O. The lowest BCUT2D eigenvalue weighted by Crippen LogP contribution is -2.57. The Kier molecular flexibility index (Phi) is 16.3. The number of hydrogen-bond acceptors (Lipinski definition) is 9. The van der Waals surface area contributed by atoms with Gasteiger partial charge in [0, 0.05) is 18.1 Å². The van der Waals surface area contributed by atoms with E-state index < -0.39 is 60.3 Å². The molecular weight excluding hydrogens is 512 g/mol. The van der Waals surface area contributed by atoms with E-state index in [4.69, 9.17) is 22.3 Å². The van der Waals surface area contributed by atoms with Gasteiger partial charge in [-0.2, -0.15) is 25.3 Å². The first-order valence-electron chi connectivity index (χ1n) is 11.3. The Balaban J connectivity index is 5.34. The fourth-order valence-corrected chi connectivity index (χ4v) is 3.24. The number of aliphatic imine (C=N–C) groups is 1. The molecule has 11 N–H and O–H groups in total. The molecule has 36 heavy (non-hydrogen) atoms. The van der Waals surface area contributed by atoms with E-state index in [0.717, 1.165) is 0 Å². The summed E-state index contributed by atoms with van der Waals surface area (Å²) in [5, 5.41) is 18.8. The van der Waals surface area contributed by atoms with Crippen molar-refractivity contribution in [3.8, 4) is 0 Å². The van der Waals surface area contributed by atoms with Crippen LogP contribution in [0.25, 0.3) is 0 Å². The molecule has 14 nitrogen and oxygen atoms in total. The molecule has 4 atom stereocenters. The van der Waals surface area contributed by atoms with Crippen LogP contribution in [0.5, 0.6) is 0 Å². The van der Waals surface area contributed by atoms with Crippen LogP contribution in [0.2, 0.25) is 0 Å². The van der Waals surface area contributed by atoms with Crippen molar-refractivity contribution in [2.45, 2.75) is 57.3 Å². The maximum absolute atomic E-state index is 13.0. The number of hydrogen-bond donors (Lipinski definition) is 10. The molecule has 0 aromatic heterocycles. The first kappa shape index (κ1) is 33.3. The van der Waals surface area contributed by atoms with Gasteiger partial charge in [0.15, 0.2) is 5.96 Å². The number of carboxylic acid groups (broad SMARTS) is 1. The average molecular weight is 551 g/mol. The van der Waals surface area contributed by atoms with Gasteiger partial charge in [-0.05, 0) is 25.2 Å². The van der Waals surface area contributed by atoms with Crippen molar-refractivity contribution >= 4 is 60.8 Å². The highest BCUT2D eigenvalue weighted by molar-refractivity contribution is 7.80. The molecule has 0 aliphatic carbocycles. The highest BCUT2D eigenvalue weighted by Crippen LogP contribution is 2.07. The zero-order valence-electron chi connectivity index (χ0n) is 20.4. The summed E-state index contributed by atoms with van der Waals surface area (Å²) in [5.74, 6) is -4.07. The molecule has 0 fully saturated rings. The molecule has 0 aromatic carbocycles. The normalized spacial score (nSPS) is 14.1. The van der Waals surface area contributed by atoms with Crippen LogP contribution in [0, 0.1) is 5.92 Å². The van der Waals surface area contributed by atoms with Crippen LogP contribution in [-0.4, -0.2) is 89.4 Å². The van der Waals surface area contributed by atoms with Crippen molar-refractivity contribution in [2.75, 3.05) is 24.6 Å². The lowest BCUT2D eigenvalue weighted by atomic mass is 10.0. The van der Waals surface area contributed by atoms with E-state index in [1.54, 1.807) is 0 Å². The zero-order chi connectivity index (χ0) is 27.8. The monoisotopic (exact) mass is 550 g/mol. The molecule has 0 bridgehead atoms. The van der Waals surface area contributed by atoms with Crippen LogP contribution in [0.1, 0.15) is 33.1 Å². The number of nitrogens with one attached hydrogen (secondary N) is 4. The second-order valence-electron chi connectivity index (χ2n) is 8.35. The Morgan fingerprint density at radius 1 is 0.889 bits per heavy atom. The molecule has 0 aliphatic rings. The Hall–Kier alpha value is -2.72. The second kappa shape index (κ2) is 17.7. The van der Waals surface area contributed by atoms with Crippen LogP contribution in [0.15, 0.2) is 4.99 Å². The van der Waals surface area contributed by atoms with E-state index in [-0.39, 0.29) is 42.8 Å². The zero-order valence-corrected chi connectivity index (χ0v) is 22.2. The average Bonchev–Trinajstić information content (AvgIpc) is 2.80. The standard InChI is InChI=1S/C20H38N8O6S2/c1-10(2)6-13(17(31)25-7-15(29)26-14(9-36)19(33)34)28-18(32)12(4-3-5-24-20(22)23)27-16(30)11(21)8-35/h10-14,35-36H,3-9,21H2,1-2H3,(H,25,31)(H,26,29)(H,27,30)(H,28,32)(H,33,34)(H4,22,23,24)/t11-,12-,13-,14-/m0/s1. The maximum atomic E-state index is 13.0. The fraction of sp³-hybridized carbons (Fsp3) is 0.700. The van der Waals surface area contributed by atoms with E-state index in [1.807, 2.05) is 13.8 Å². The van der Waals surface area contributed by atoms with Crippen molar-refractivity contribution in [3.63, 3.8) is 0 Å². The molecule has 0 spiro atoms. The predicted molar refractivity (Wildman–Crippen MR) is 141 cm³/mol. The number of carbonyl (C=O) groups is 5. The molecule has 0 heterocycles. The third-order valence-electron chi connectivity index (χ3n) is 4.69. The Labute approximate surface area is 221 Å². The molecular formula is C20H38N8O6S2. The summed E-state index contributed by atoms with van der Waals surface area (Å²) in [6.45, 7) is 3.39. The van der Waals surface area contributed by atoms with Crippen LogP contribution < -0.4 is 38.5 Å². The van der Waals surface area contributed by atoms with Crippen LogP contribution in [0.3, 0.4) is 0 Å². The Morgan fingerprint density at radius 3 is 2.00 bits per heavy atom. The summed E-state index contributed by atoms with van der Waals surface area (Å²) in [7, 11) is 0. The minimum absolute atomic E-state index is 0.0111. The van der Waals surface area contributed by atoms with Gasteiger partial charge in [0.1, 0.15) is 18.1 Å². The summed E-state index contributed by atoms with van der Waals surface area (Å²) in [5.41, 5.74) is 16.3. The van der Waals surface area contributed by atoms with Crippen LogP contribution in [0.4, 0.5) is 0 Å². The van der Waals surface area contributed by atoms with E-state index in [1.165, 1.54) is 0 Å². The van der Waals surface area contributed by atoms with Gasteiger partial charge in [0.2, 0.25) is 23.6 Å². The number of carboxylic acids is 1. The van der Waals surface area contributed by atoms with Gasteiger partial charge in [-0.1, -0.05) is 13.8 Å². The Bertz CT molecular complexity index is 794. The van der Waals surface area contributed by atoms with E-state index in [2.05, 4.69) is 51.5 Å². The first-order valence-corrected chi connectivity index (χ1v) is 12.5. The molecule has 0 rings (SSSR count). The summed E-state index contributed by atoms with van der Waals surface area (Å²) in [6.07, 6.45) is 0.744. The molecule has 0 aliphatic heterocycles. The minimum atomic E-state index is -1.26. The maximum Gasteiger partial charge on any atom is 0.327 e. The third kappa shape index (κ3) is 14.0. The largest absolute Gasteiger partial charge is 0.480 e. The number of aliphatic carboxylic acids is 1. The number of guanidine groups is 1. The number of rotatable bonds is 17. The van der Waals surface area contributed by atoms with Gasteiger partial charge >= 0.3 is 5.97 Å². The second-order valence-corrected chi connectivity index (χ2v) is 9.08. The van der Waals surface area contributed by atoms with E-state index >= 15 is 0 Å². The summed E-state index contributed by atoms with van der Waals surface area (Å²) in [4.78, 5) is 64.9. The van der Waals surface area contributed by atoms with Crippen molar-refractivity contribution < 1.29 is 29.1 Å². The third-order valence-corrected chi connectivity index (χ3v) is 5.45. The van der Waals surface area contributed by atoms with Crippen molar-refractivity contribution in [3.05, 3.63) is 0 Å². The van der Waals surface area contributed by atoms with E-state index in [9.17, 15) is 24.0 Å². The van der Waals surface area contributed by atoms with Crippen molar-refractivity contribution in [2.24, 2.45) is 28.1 Å². The highest BCUT2D eigenvalue weighted by atomic mass is 32.1. The van der Waals surface area contributed by atoms with Crippen molar-refractivity contribution in [1.82, 2.24) is 21.3 Å². The number of thiol groups is 2. The molecule has 0 saturated carbocycles. The van der Waals surface area contributed by atoms with Crippen LogP contribution in [-0.2, 0) is 24.0 Å². The minimum Gasteiger partial charge on any atom is -0.480 e. The van der Waals surface area contributed by atoms with E-state index in [0.29, 0.717) is 6.42 Å². The molecule has 4 amide bonds. The molecule has 0 unspecified atom stereocenters. The first-order chi connectivity index (χ1) is 16.8. The number of amides is 4. The molecule has 0 radical (unpaired) electrons.